The summed E-state index contributed by atoms with van der Waals surface area (Å²) in [5.74, 6) is 0.0118. The van der Waals surface area contributed by atoms with Crippen molar-refractivity contribution in [3.05, 3.63) is 29.8 Å². The van der Waals surface area contributed by atoms with Crippen LogP contribution in [0.5, 0.6) is 0 Å². The molecule has 1 aromatic carbocycles. The second-order valence-electron chi connectivity index (χ2n) is 5.83. The van der Waals surface area contributed by atoms with Crippen LogP contribution in [0.15, 0.2) is 24.3 Å². The molecule has 5 nitrogen and oxygen atoms in total. The number of nitrogens with two attached hydrogens (primary N) is 1. The number of hydrogen-bond acceptors (Lipinski definition) is 4. The van der Waals surface area contributed by atoms with Crippen molar-refractivity contribution < 1.29 is 14.6 Å². The third kappa shape index (κ3) is 3.49. The summed E-state index contributed by atoms with van der Waals surface area (Å²) in [4.78, 5) is 14.1. The van der Waals surface area contributed by atoms with Crippen molar-refractivity contribution in [1.29, 1.82) is 0 Å². The number of para-hydroxylation sites is 1. The minimum atomic E-state index is -0.441. The summed E-state index contributed by atoms with van der Waals surface area (Å²) in [6.45, 7) is 4.71. The third-order valence-electron chi connectivity index (χ3n) is 3.43. The van der Waals surface area contributed by atoms with Gasteiger partial charge in [0, 0.05) is 18.8 Å². The standard InChI is InChI=1S/C15H22N2O3/c1-15(2)10-17(8-12(9-18)20-15)14(19)7-11-5-3-4-6-13(11)16/h3-6,12,18H,7-10,16H2,1-2H3. The molecule has 0 aliphatic carbocycles. The van der Waals surface area contributed by atoms with E-state index in [-0.39, 0.29) is 25.0 Å². The number of nitrogen functional groups attached to an aromatic ring is 1. The molecule has 1 aliphatic heterocycles. The van der Waals surface area contributed by atoms with E-state index >= 15 is 0 Å². The average molecular weight is 278 g/mol. The zero-order chi connectivity index (χ0) is 14.8. The number of aliphatic hydroxyl groups excluding tert-OH is 1. The second kappa shape index (κ2) is 5.81. The SMILES string of the molecule is CC1(C)CN(C(=O)Cc2ccccc2N)CC(CO)O1. The van der Waals surface area contributed by atoms with Gasteiger partial charge in [0.25, 0.3) is 0 Å². The molecule has 0 saturated carbocycles. The number of aliphatic hydroxyl groups is 1. The van der Waals surface area contributed by atoms with E-state index in [1.165, 1.54) is 0 Å². The molecule has 1 aromatic rings. The predicted octanol–water partition coefficient (Wildman–Crippen LogP) is 0.810. The lowest BCUT2D eigenvalue weighted by molar-refractivity contribution is -0.166. The van der Waals surface area contributed by atoms with Gasteiger partial charge in [-0.25, -0.2) is 0 Å². The van der Waals surface area contributed by atoms with Crippen LogP contribution in [0.4, 0.5) is 5.69 Å². The van der Waals surface area contributed by atoms with E-state index in [0.717, 1.165) is 5.56 Å². The van der Waals surface area contributed by atoms with Crippen molar-refractivity contribution >= 4 is 11.6 Å². The summed E-state index contributed by atoms with van der Waals surface area (Å²) in [6, 6.07) is 7.38. The Morgan fingerprint density at radius 1 is 1.50 bits per heavy atom. The first-order valence-corrected chi connectivity index (χ1v) is 6.81. The molecule has 0 spiro atoms. The molecular formula is C15H22N2O3. The molecule has 0 aromatic heterocycles. The Bertz CT molecular complexity index is 488. The fourth-order valence-electron chi connectivity index (χ4n) is 2.55. The number of carbonyl (C=O) groups is 1. The number of carbonyl (C=O) groups excluding carboxylic acids is 1. The number of morpholine rings is 1. The molecule has 2 rings (SSSR count). The van der Waals surface area contributed by atoms with Crippen LogP contribution >= 0.6 is 0 Å². The van der Waals surface area contributed by atoms with E-state index in [4.69, 9.17) is 10.5 Å². The Morgan fingerprint density at radius 2 is 2.20 bits per heavy atom. The van der Waals surface area contributed by atoms with Gasteiger partial charge in [-0.1, -0.05) is 18.2 Å². The van der Waals surface area contributed by atoms with Gasteiger partial charge in [-0.05, 0) is 25.5 Å². The van der Waals surface area contributed by atoms with Crippen molar-refractivity contribution in [3.8, 4) is 0 Å². The van der Waals surface area contributed by atoms with E-state index in [1.54, 1.807) is 11.0 Å². The summed E-state index contributed by atoms with van der Waals surface area (Å²) in [5.41, 5.74) is 6.90. The molecule has 3 N–H and O–H groups in total. The van der Waals surface area contributed by atoms with Crippen molar-refractivity contribution in [3.63, 3.8) is 0 Å². The Balaban J connectivity index is 2.07. The quantitative estimate of drug-likeness (QED) is 0.802. The molecule has 1 saturated heterocycles. The molecular weight excluding hydrogens is 256 g/mol. The van der Waals surface area contributed by atoms with E-state index < -0.39 is 5.60 Å². The molecule has 20 heavy (non-hydrogen) atoms. The summed E-state index contributed by atoms with van der Waals surface area (Å²) in [5, 5.41) is 9.27. The lowest BCUT2D eigenvalue weighted by atomic mass is 10.0. The number of anilines is 1. The third-order valence-corrected chi connectivity index (χ3v) is 3.43. The van der Waals surface area contributed by atoms with Gasteiger partial charge in [0.1, 0.15) is 0 Å². The van der Waals surface area contributed by atoms with Gasteiger partial charge >= 0.3 is 0 Å². The van der Waals surface area contributed by atoms with Crippen LogP contribution < -0.4 is 5.73 Å². The van der Waals surface area contributed by atoms with Crippen molar-refractivity contribution in [1.82, 2.24) is 4.90 Å². The number of amides is 1. The van der Waals surface area contributed by atoms with Crippen LogP contribution in [0.3, 0.4) is 0 Å². The van der Waals surface area contributed by atoms with Crippen molar-refractivity contribution in [2.24, 2.45) is 0 Å². The number of rotatable bonds is 3. The van der Waals surface area contributed by atoms with Crippen LogP contribution in [-0.2, 0) is 16.0 Å². The highest BCUT2D eigenvalue weighted by atomic mass is 16.5. The molecule has 1 heterocycles. The first-order valence-electron chi connectivity index (χ1n) is 6.81. The summed E-state index contributed by atoms with van der Waals surface area (Å²) >= 11 is 0. The molecule has 1 amide bonds. The number of ether oxygens (including phenoxy) is 1. The van der Waals surface area contributed by atoms with E-state index in [2.05, 4.69) is 0 Å². The highest BCUT2D eigenvalue weighted by molar-refractivity contribution is 5.80. The number of benzene rings is 1. The van der Waals surface area contributed by atoms with Crippen molar-refractivity contribution in [2.45, 2.75) is 32.0 Å². The molecule has 1 fully saturated rings. The lowest BCUT2D eigenvalue weighted by Crippen LogP contribution is -2.55. The Hall–Kier alpha value is -1.59. The molecule has 0 bridgehead atoms. The summed E-state index contributed by atoms with van der Waals surface area (Å²) in [7, 11) is 0. The second-order valence-corrected chi connectivity index (χ2v) is 5.83. The highest BCUT2D eigenvalue weighted by Crippen LogP contribution is 2.22. The Labute approximate surface area is 119 Å². The zero-order valence-corrected chi connectivity index (χ0v) is 12.0. The largest absolute Gasteiger partial charge is 0.398 e. The van der Waals surface area contributed by atoms with E-state index in [9.17, 15) is 9.90 Å². The minimum Gasteiger partial charge on any atom is -0.398 e. The van der Waals surface area contributed by atoms with Crippen LogP contribution in [0.2, 0.25) is 0 Å². The highest BCUT2D eigenvalue weighted by Gasteiger charge is 2.35. The van der Waals surface area contributed by atoms with Gasteiger partial charge in [-0.2, -0.15) is 0 Å². The maximum Gasteiger partial charge on any atom is 0.227 e. The summed E-state index contributed by atoms with van der Waals surface area (Å²) < 4.78 is 5.71. The van der Waals surface area contributed by atoms with Crippen LogP contribution in [0.25, 0.3) is 0 Å². The van der Waals surface area contributed by atoms with Gasteiger partial charge in [-0.15, -0.1) is 0 Å². The van der Waals surface area contributed by atoms with Crippen LogP contribution in [0, 0.1) is 0 Å². The smallest absolute Gasteiger partial charge is 0.227 e. The normalized spacial score (nSPS) is 21.8. The Kier molecular flexibility index (Phi) is 4.30. The van der Waals surface area contributed by atoms with Crippen molar-refractivity contribution in [2.75, 3.05) is 25.4 Å². The zero-order valence-electron chi connectivity index (χ0n) is 12.0. The maximum atomic E-state index is 12.4. The van der Waals surface area contributed by atoms with Gasteiger partial charge in [0.05, 0.1) is 24.7 Å². The summed E-state index contributed by atoms with van der Waals surface area (Å²) in [6.07, 6.45) is -0.0446. The van der Waals surface area contributed by atoms with Crippen LogP contribution in [0.1, 0.15) is 19.4 Å². The molecule has 0 radical (unpaired) electrons. The fourth-order valence-corrected chi connectivity index (χ4v) is 2.55. The lowest BCUT2D eigenvalue weighted by Gasteiger charge is -2.42. The molecule has 1 atom stereocenters. The topological polar surface area (TPSA) is 75.8 Å². The molecule has 110 valence electrons. The minimum absolute atomic E-state index is 0.0118. The first-order chi connectivity index (χ1) is 9.41. The molecule has 1 unspecified atom stereocenters. The molecule has 1 aliphatic rings. The molecule has 5 heteroatoms. The van der Waals surface area contributed by atoms with Gasteiger partial charge in [-0.3, -0.25) is 4.79 Å². The number of hydrogen-bond donors (Lipinski definition) is 2. The number of nitrogens with zero attached hydrogens (tertiary/aromatic N) is 1. The maximum absolute atomic E-state index is 12.4. The first kappa shape index (κ1) is 14.8. The van der Waals surface area contributed by atoms with Gasteiger partial charge < -0.3 is 20.5 Å². The van der Waals surface area contributed by atoms with Crippen LogP contribution in [-0.4, -0.2) is 47.3 Å². The van der Waals surface area contributed by atoms with E-state index in [1.807, 2.05) is 32.0 Å². The van der Waals surface area contributed by atoms with Gasteiger partial charge in [0.2, 0.25) is 5.91 Å². The monoisotopic (exact) mass is 278 g/mol. The van der Waals surface area contributed by atoms with Gasteiger partial charge in [0.15, 0.2) is 0 Å². The Morgan fingerprint density at radius 3 is 2.85 bits per heavy atom. The predicted molar refractivity (Wildman–Crippen MR) is 77.2 cm³/mol. The average Bonchev–Trinajstić information content (AvgIpc) is 2.39. The van der Waals surface area contributed by atoms with E-state index in [0.29, 0.717) is 18.8 Å². The fraction of sp³-hybridized carbons (Fsp3) is 0.533.